The largest absolute Gasteiger partial charge is 0.497 e. The van der Waals surface area contributed by atoms with Crippen molar-refractivity contribution in [2.45, 2.75) is 33.1 Å². The zero-order valence-corrected chi connectivity index (χ0v) is 13.6. The van der Waals surface area contributed by atoms with E-state index in [1.807, 2.05) is 24.3 Å². The Hall–Kier alpha value is -1.51. The molecule has 1 saturated carbocycles. The molecule has 1 aliphatic carbocycles. The Morgan fingerprint density at radius 3 is 2.52 bits per heavy atom. The summed E-state index contributed by atoms with van der Waals surface area (Å²) in [6, 6.07) is 8.02. The van der Waals surface area contributed by atoms with Crippen molar-refractivity contribution in [3.05, 3.63) is 24.3 Å². The summed E-state index contributed by atoms with van der Waals surface area (Å²) >= 11 is 0. The number of carbonyl (C=O) groups excluding carboxylic acids is 1. The fourth-order valence-corrected chi connectivity index (χ4v) is 3.20. The number of methoxy groups -OCH3 is 1. The minimum Gasteiger partial charge on any atom is -0.497 e. The second kappa shape index (κ2) is 6.97. The van der Waals surface area contributed by atoms with Crippen LogP contribution in [0.3, 0.4) is 0 Å². The van der Waals surface area contributed by atoms with Gasteiger partial charge in [-0.25, -0.2) is 0 Å². The van der Waals surface area contributed by atoms with E-state index in [4.69, 9.17) is 4.74 Å². The molecule has 21 heavy (non-hydrogen) atoms. The fourth-order valence-electron chi connectivity index (χ4n) is 3.20. The van der Waals surface area contributed by atoms with Gasteiger partial charge in [0.25, 0.3) is 0 Å². The second-order valence-electron chi connectivity index (χ2n) is 6.52. The molecule has 0 aliphatic heterocycles. The van der Waals surface area contributed by atoms with E-state index >= 15 is 0 Å². The van der Waals surface area contributed by atoms with Crippen molar-refractivity contribution in [3.8, 4) is 5.75 Å². The first kappa shape index (κ1) is 15.9. The number of anilines is 1. The summed E-state index contributed by atoms with van der Waals surface area (Å²) in [6.07, 6.45) is 2.86. The number of hydrogen-bond donors (Lipinski definition) is 0. The number of benzene rings is 1. The van der Waals surface area contributed by atoms with Crippen molar-refractivity contribution in [1.82, 2.24) is 0 Å². The highest BCUT2D eigenvalue weighted by Gasteiger charge is 2.30. The number of Topliss-reactive ketones (excluding diaryl/α,β-unsaturated/α-hetero) is 1. The van der Waals surface area contributed by atoms with E-state index in [2.05, 4.69) is 25.8 Å². The van der Waals surface area contributed by atoms with Crippen LogP contribution < -0.4 is 9.64 Å². The van der Waals surface area contributed by atoms with Gasteiger partial charge in [0.15, 0.2) is 0 Å². The molecule has 1 aliphatic rings. The Morgan fingerprint density at radius 1 is 1.29 bits per heavy atom. The molecular formula is C18H27NO2. The fraction of sp³-hybridized carbons (Fsp3) is 0.611. The van der Waals surface area contributed by atoms with E-state index in [-0.39, 0.29) is 5.92 Å². The molecule has 2 unspecified atom stereocenters. The van der Waals surface area contributed by atoms with Gasteiger partial charge in [-0.15, -0.1) is 0 Å². The molecule has 3 nitrogen and oxygen atoms in total. The van der Waals surface area contributed by atoms with Gasteiger partial charge in [0.1, 0.15) is 11.5 Å². The van der Waals surface area contributed by atoms with Crippen LogP contribution in [0.1, 0.15) is 33.1 Å². The molecule has 0 bridgehead atoms. The minimum atomic E-state index is 0.179. The Kier molecular flexibility index (Phi) is 5.27. The van der Waals surface area contributed by atoms with Crippen molar-refractivity contribution >= 4 is 11.5 Å². The first-order valence-corrected chi connectivity index (χ1v) is 7.89. The topological polar surface area (TPSA) is 29.5 Å². The van der Waals surface area contributed by atoms with Crippen LogP contribution in [0.4, 0.5) is 5.69 Å². The first-order chi connectivity index (χ1) is 10.0. The molecule has 0 amide bonds. The summed E-state index contributed by atoms with van der Waals surface area (Å²) in [5.41, 5.74) is 1.13. The van der Waals surface area contributed by atoms with Crippen LogP contribution in [0.2, 0.25) is 0 Å². The van der Waals surface area contributed by atoms with Crippen molar-refractivity contribution < 1.29 is 9.53 Å². The zero-order valence-electron chi connectivity index (χ0n) is 13.6. The molecule has 0 N–H and O–H groups in total. The Balaban J connectivity index is 1.99. The van der Waals surface area contributed by atoms with Crippen LogP contribution in [0.25, 0.3) is 0 Å². The summed E-state index contributed by atoms with van der Waals surface area (Å²) in [6.45, 7) is 5.35. The molecule has 0 aromatic heterocycles. The van der Waals surface area contributed by atoms with E-state index in [9.17, 15) is 4.79 Å². The minimum absolute atomic E-state index is 0.179. The third-order valence-electron chi connectivity index (χ3n) is 4.75. The standard InChI is InChI=1S/C18H27NO2/c1-13(2)14-5-10-18(20)15(11-14)12-19(3)16-6-8-17(21-4)9-7-16/h6-9,13-15H,5,10-12H2,1-4H3. The van der Waals surface area contributed by atoms with E-state index in [0.29, 0.717) is 17.6 Å². The first-order valence-electron chi connectivity index (χ1n) is 7.89. The van der Waals surface area contributed by atoms with Gasteiger partial charge in [-0.2, -0.15) is 0 Å². The highest BCUT2D eigenvalue weighted by molar-refractivity contribution is 5.82. The van der Waals surface area contributed by atoms with Crippen LogP contribution in [0.5, 0.6) is 5.75 Å². The van der Waals surface area contributed by atoms with Crippen LogP contribution in [0.15, 0.2) is 24.3 Å². The molecule has 0 spiro atoms. The van der Waals surface area contributed by atoms with Gasteiger partial charge in [0.05, 0.1) is 7.11 Å². The van der Waals surface area contributed by atoms with Crippen LogP contribution in [0, 0.1) is 17.8 Å². The van der Waals surface area contributed by atoms with E-state index in [1.54, 1.807) is 7.11 Å². The monoisotopic (exact) mass is 289 g/mol. The molecule has 1 fully saturated rings. The average Bonchev–Trinajstić information content (AvgIpc) is 2.49. The van der Waals surface area contributed by atoms with Gasteiger partial charge in [0, 0.05) is 31.6 Å². The maximum Gasteiger partial charge on any atom is 0.137 e. The van der Waals surface area contributed by atoms with Gasteiger partial charge in [-0.1, -0.05) is 13.8 Å². The molecule has 0 heterocycles. The van der Waals surface area contributed by atoms with E-state index in [0.717, 1.165) is 37.2 Å². The molecular weight excluding hydrogens is 262 g/mol. The Labute approximate surface area is 128 Å². The lowest BCUT2D eigenvalue weighted by Crippen LogP contribution is -2.36. The molecule has 2 rings (SSSR count). The third-order valence-corrected chi connectivity index (χ3v) is 4.75. The lowest BCUT2D eigenvalue weighted by molar-refractivity contribution is -0.125. The van der Waals surface area contributed by atoms with Gasteiger partial charge in [0.2, 0.25) is 0 Å². The number of rotatable bonds is 5. The normalized spacial score (nSPS) is 22.4. The smallest absolute Gasteiger partial charge is 0.137 e. The van der Waals surface area contributed by atoms with Crippen molar-refractivity contribution in [1.29, 1.82) is 0 Å². The lowest BCUT2D eigenvalue weighted by Gasteiger charge is -2.33. The van der Waals surface area contributed by atoms with E-state index < -0.39 is 0 Å². The van der Waals surface area contributed by atoms with Crippen LogP contribution in [-0.2, 0) is 4.79 Å². The van der Waals surface area contributed by atoms with Crippen molar-refractivity contribution in [2.24, 2.45) is 17.8 Å². The molecule has 1 aromatic rings. The quantitative estimate of drug-likeness (QED) is 0.826. The molecule has 0 radical (unpaired) electrons. The summed E-state index contributed by atoms with van der Waals surface area (Å²) < 4.78 is 5.18. The van der Waals surface area contributed by atoms with Crippen molar-refractivity contribution in [3.63, 3.8) is 0 Å². The average molecular weight is 289 g/mol. The summed E-state index contributed by atoms with van der Waals surface area (Å²) in [5.74, 6) is 2.84. The van der Waals surface area contributed by atoms with Gasteiger partial charge in [-0.05, 0) is 48.9 Å². The van der Waals surface area contributed by atoms with Crippen molar-refractivity contribution in [2.75, 3.05) is 25.6 Å². The number of ether oxygens (including phenoxy) is 1. The summed E-state index contributed by atoms with van der Waals surface area (Å²) in [4.78, 5) is 14.4. The SMILES string of the molecule is COc1ccc(N(C)CC2CC(C(C)C)CCC2=O)cc1. The second-order valence-corrected chi connectivity index (χ2v) is 6.52. The molecule has 3 heteroatoms. The number of nitrogens with zero attached hydrogens (tertiary/aromatic N) is 1. The summed E-state index contributed by atoms with van der Waals surface area (Å²) in [7, 11) is 3.74. The number of ketones is 1. The van der Waals surface area contributed by atoms with E-state index in [1.165, 1.54) is 0 Å². The molecule has 1 aromatic carbocycles. The highest BCUT2D eigenvalue weighted by Crippen LogP contribution is 2.32. The maximum absolute atomic E-state index is 12.2. The van der Waals surface area contributed by atoms with Gasteiger partial charge >= 0.3 is 0 Å². The molecule has 2 atom stereocenters. The highest BCUT2D eigenvalue weighted by atomic mass is 16.5. The summed E-state index contributed by atoms with van der Waals surface area (Å²) in [5, 5.41) is 0. The molecule has 116 valence electrons. The zero-order chi connectivity index (χ0) is 15.4. The van der Waals surface area contributed by atoms with Gasteiger partial charge < -0.3 is 9.64 Å². The van der Waals surface area contributed by atoms with Gasteiger partial charge in [-0.3, -0.25) is 4.79 Å². The lowest BCUT2D eigenvalue weighted by atomic mass is 9.75. The molecule has 0 saturated heterocycles. The number of hydrogen-bond acceptors (Lipinski definition) is 3. The predicted octanol–water partition coefficient (Wildman–Crippen LogP) is 3.77. The van der Waals surface area contributed by atoms with Crippen LogP contribution in [-0.4, -0.2) is 26.5 Å². The van der Waals surface area contributed by atoms with Crippen LogP contribution >= 0.6 is 0 Å². The maximum atomic E-state index is 12.2. The number of carbonyl (C=O) groups is 1. The Bertz CT molecular complexity index is 467. The third kappa shape index (κ3) is 3.99. The predicted molar refractivity (Wildman–Crippen MR) is 86.9 cm³/mol. The Morgan fingerprint density at radius 2 is 1.95 bits per heavy atom.